The number of aromatic carboxylic acids is 1. The van der Waals surface area contributed by atoms with Crippen LogP contribution in [-0.2, 0) is 12.8 Å². The molecule has 3 rings (SSSR count). The lowest BCUT2D eigenvalue weighted by Gasteiger charge is -2.05. The molecule has 0 bridgehead atoms. The molecule has 0 amide bonds. The molecule has 0 fully saturated rings. The molecule has 0 unspecified atom stereocenters. The average Bonchev–Trinajstić information content (AvgIpc) is 2.98. The van der Waals surface area contributed by atoms with E-state index in [0.717, 1.165) is 24.8 Å². The Balaban J connectivity index is 0.000000254. The summed E-state index contributed by atoms with van der Waals surface area (Å²) < 4.78 is 0. The third-order valence-corrected chi connectivity index (χ3v) is 5.01. The molecule has 0 saturated heterocycles. The number of hydrogen-bond donors (Lipinski definition) is 3. The van der Waals surface area contributed by atoms with Crippen LogP contribution < -0.4 is 11.3 Å². The first-order chi connectivity index (χ1) is 10.3. The number of carboxylic acid groups (broad SMARTS) is 1. The van der Waals surface area contributed by atoms with Crippen LogP contribution >= 0.6 is 11.3 Å². The highest BCUT2D eigenvalue weighted by Crippen LogP contribution is 2.34. The zero-order valence-corrected chi connectivity index (χ0v) is 13.8. The first kappa shape index (κ1) is 16.6. The molecule has 0 spiro atoms. The van der Waals surface area contributed by atoms with Crippen LogP contribution in [0.5, 0.6) is 0 Å². The SMILES string of the molecule is CC(C)[C@H](C)N.O=C(O)c1nc2sc3c(c2c(=O)[nH]1)CCC3. The third kappa shape index (κ3) is 3.36. The highest BCUT2D eigenvalue weighted by molar-refractivity contribution is 7.18. The van der Waals surface area contributed by atoms with E-state index < -0.39 is 5.97 Å². The van der Waals surface area contributed by atoms with Gasteiger partial charge in [-0.1, -0.05) is 13.8 Å². The number of fused-ring (bicyclic) bond motifs is 3. The second kappa shape index (κ2) is 6.58. The fourth-order valence-electron chi connectivity index (χ4n) is 2.10. The van der Waals surface area contributed by atoms with Crippen molar-refractivity contribution < 1.29 is 9.90 Å². The molecule has 1 atom stereocenters. The molecule has 2 heterocycles. The lowest BCUT2D eigenvalue weighted by Crippen LogP contribution is -2.21. The van der Waals surface area contributed by atoms with Gasteiger partial charge in [0, 0.05) is 10.9 Å². The molecule has 7 heteroatoms. The molecule has 4 N–H and O–H groups in total. The first-order valence-electron chi connectivity index (χ1n) is 7.34. The van der Waals surface area contributed by atoms with Crippen LogP contribution in [0.25, 0.3) is 10.2 Å². The van der Waals surface area contributed by atoms with Crippen LogP contribution in [0.4, 0.5) is 0 Å². The number of rotatable bonds is 2. The Kier molecular flexibility index (Phi) is 4.97. The minimum atomic E-state index is -1.20. The molecule has 0 saturated carbocycles. The van der Waals surface area contributed by atoms with Gasteiger partial charge in [0.05, 0.1) is 5.39 Å². The number of H-pyrrole nitrogens is 1. The number of thiophene rings is 1. The molecule has 22 heavy (non-hydrogen) atoms. The summed E-state index contributed by atoms with van der Waals surface area (Å²) in [6, 6.07) is 0.352. The Labute approximate surface area is 132 Å². The van der Waals surface area contributed by atoms with E-state index >= 15 is 0 Å². The van der Waals surface area contributed by atoms with E-state index in [4.69, 9.17) is 10.8 Å². The fourth-order valence-corrected chi connectivity index (χ4v) is 3.37. The van der Waals surface area contributed by atoms with Crippen molar-refractivity contribution in [1.82, 2.24) is 9.97 Å². The summed E-state index contributed by atoms with van der Waals surface area (Å²) in [6.45, 7) is 6.25. The lowest BCUT2D eigenvalue weighted by atomic mass is 10.1. The van der Waals surface area contributed by atoms with Crippen LogP contribution in [0.2, 0.25) is 0 Å². The van der Waals surface area contributed by atoms with Crippen LogP contribution in [-0.4, -0.2) is 27.1 Å². The van der Waals surface area contributed by atoms with Gasteiger partial charge in [-0.15, -0.1) is 11.3 Å². The van der Waals surface area contributed by atoms with Crippen molar-refractivity contribution in [3.8, 4) is 0 Å². The highest BCUT2D eigenvalue weighted by Gasteiger charge is 2.21. The number of aryl methyl sites for hydroxylation is 2. The third-order valence-electron chi connectivity index (χ3n) is 3.83. The summed E-state index contributed by atoms with van der Waals surface area (Å²) in [6.07, 6.45) is 2.93. The molecule has 2 aromatic heterocycles. The van der Waals surface area contributed by atoms with E-state index in [0.29, 0.717) is 22.2 Å². The summed E-state index contributed by atoms with van der Waals surface area (Å²) >= 11 is 1.44. The molecule has 120 valence electrons. The van der Waals surface area contributed by atoms with Gasteiger partial charge in [0.2, 0.25) is 5.82 Å². The van der Waals surface area contributed by atoms with Crippen LogP contribution in [0.15, 0.2) is 4.79 Å². The smallest absolute Gasteiger partial charge is 0.372 e. The van der Waals surface area contributed by atoms with Crippen molar-refractivity contribution in [1.29, 1.82) is 0 Å². The van der Waals surface area contributed by atoms with Crippen molar-refractivity contribution in [2.75, 3.05) is 0 Å². The standard InChI is InChI=1S/C10H8N2O3S.C5H13N/c13-8-6-4-2-1-3-5(4)16-9(6)12-7(11-8)10(14)15;1-4(2)5(3)6/h1-3H2,(H,14,15)(H,11,12,13);4-5H,6H2,1-3H3/t;5-/m.0/s1. The molecule has 0 radical (unpaired) electrons. The number of carboxylic acids is 1. The molecule has 6 nitrogen and oxygen atoms in total. The second-order valence-corrected chi connectivity index (χ2v) is 6.94. The second-order valence-electron chi connectivity index (χ2n) is 5.86. The van der Waals surface area contributed by atoms with Crippen molar-refractivity contribution >= 4 is 27.5 Å². The summed E-state index contributed by atoms with van der Waals surface area (Å²) in [4.78, 5) is 30.5. The summed E-state index contributed by atoms with van der Waals surface area (Å²) in [5.74, 6) is -0.852. The summed E-state index contributed by atoms with van der Waals surface area (Å²) in [7, 11) is 0. The number of aromatic amines is 1. The monoisotopic (exact) mass is 323 g/mol. The lowest BCUT2D eigenvalue weighted by molar-refractivity contribution is 0.0683. The predicted octanol–water partition coefficient (Wildman–Crippen LogP) is 2.16. The van der Waals surface area contributed by atoms with Crippen LogP contribution in [0, 0.1) is 5.92 Å². The largest absolute Gasteiger partial charge is 0.475 e. The van der Waals surface area contributed by atoms with Crippen molar-refractivity contribution in [2.24, 2.45) is 11.7 Å². The van der Waals surface area contributed by atoms with Gasteiger partial charge in [-0.05, 0) is 37.7 Å². The summed E-state index contributed by atoms with van der Waals surface area (Å²) in [5.41, 5.74) is 6.16. The van der Waals surface area contributed by atoms with E-state index in [1.54, 1.807) is 0 Å². The quantitative estimate of drug-likeness (QED) is 0.784. The van der Waals surface area contributed by atoms with Gasteiger partial charge in [-0.2, -0.15) is 0 Å². The molecule has 0 aliphatic heterocycles. The van der Waals surface area contributed by atoms with Gasteiger partial charge in [0.15, 0.2) is 0 Å². The number of hydrogen-bond acceptors (Lipinski definition) is 5. The average molecular weight is 323 g/mol. The zero-order valence-electron chi connectivity index (χ0n) is 13.0. The Hall–Kier alpha value is -1.73. The first-order valence-corrected chi connectivity index (χ1v) is 8.16. The molecular weight excluding hydrogens is 302 g/mol. The minimum Gasteiger partial charge on any atom is -0.475 e. The molecule has 1 aliphatic rings. The number of nitrogens with zero attached hydrogens (tertiary/aromatic N) is 1. The Morgan fingerprint density at radius 2 is 2.00 bits per heavy atom. The van der Waals surface area contributed by atoms with Crippen molar-refractivity contribution in [3.05, 3.63) is 26.6 Å². The van der Waals surface area contributed by atoms with Crippen LogP contribution in [0.1, 0.15) is 48.3 Å². The normalized spacial score (nSPS) is 14.6. The Morgan fingerprint density at radius 1 is 1.36 bits per heavy atom. The van der Waals surface area contributed by atoms with E-state index in [2.05, 4.69) is 23.8 Å². The minimum absolute atomic E-state index is 0.280. The van der Waals surface area contributed by atoms with Gasteiger partial charge in [0.1, 0.15) is 4.83 Å². The van der Waals surface area contributed by atoms with Gasteiger partial charge in [0.25, 0.3) is 5.56 Å². The van der Waals surface area contributed by atoms with E-state index in [1.165, 1.54) is 16.2 Å². The Bertz CT molecular complexity index is 740. The number of carbonyl (C=O) groups is 1. The van der Waals surface area contributed by atoms with Crippen molar-refractivity contribution in [3.63, 3.8) is 0 Å². The molecule has 0 aromatic carbocycles. The predicted molar refractivity (Wildman–Crippen MR) is 87.7 cm³/mol. The van der Waals surface area contributed by atoms with Gasteiger partial charge >= 0.3 is 5.97 Å². The van der Waals surface area contributed by atoms with Gasteiger partial charge in [-0.3, -0.25) is 4.79 Å². The van der Waals surface area contributed by atoms with E-state index in [-0.39, 0.29) is 11.4 Å². The maximum Gasteiger partial charge on any atom is 0.372 e. The van der Waals surface area contributed by atoms with Gasteiger partial charge in [-0.25, -0.2) is 9.78 Å². The highest BCUT2D eigenvalue weighted by atomic mass is 32.1. The summed E-state index contributed by atoms with van der Waals surface area (Å²) in [5, 5.41) is 9.37. The molecular formula is C15H21N3O3S. The molecule has 1 aliphatic carbocycles. The topological polar surface area (TPSA) is 109 Å². The van der Waals surface area contributed by atoms with Gasteiger partial charge < -0.3 is 15.8 Å². The number of aromatic nitrogens is 2. The van der Waals surface area contributed by atoms with E-state index in [1.807, 2.05) is 6.92 Å². The number of nitrogens with two attached hydrogens (primary N) is 1. The zero-order chi connectivity index (χ0) is 16.4. The van der Waals surface area contributed by atoms with Crippen molar-refractivity contribution in [2.45, 2.75) is 46.1 Å². The van der Waals surface area contributed by atoms with Crippen LogP contribution in [0.3, 0.4) is 0 Å². The maximum atomic E-state index is 11.8. The molecule has 2 aromatic rings. The van der Waals surface area contributed by atoms with E-state index in [9.17, 15) is 9.59 Å². The Morgan fingerprint density at radius 3 is 2.55 bits per heavy atom. The number of nitrogens with one attached hydrogen (secondary N) is 1. The fraction of sp³-hybridized carbons (Fsp3) is 0.533. The maximum absolute atomic E-state index is 11.8.